The largest absolute Gasteiger partial charge is 0.332 e. The summed E-state index contributed by atoms with van der Waals surface area (Å²) in [6.07, 6.45) is 1.24. The Hall–Kier alpha value is -3.82. The van der Waals surface area contributed by atoms with Crippen LogP contribution >= 0.6 is 23.8 Å². The molecule has 2 aliphatic rings. The van der Waals surface area contributed by atoms with Crippen molar-refractivity contribution in [3.63, 3.8) is 0 Å². The molecule has 0 aliphatic carbocycles. The zero-order chi connectivity index (χ0) is 26.8. The smallest absolute Gasteiger partial charge is 0.256 e. The predicted molar refractivity (Wildman–Crippen MR) is 149 cm³/mol. The van der Waals surface area contributed by atoms with Crippen LogP contribution in [0.5, 0.6) is 0 Å². The highest BCUT2D eigenvalue weighted by atomic mass is 35.5. The average molecular weight is 551 g/mol. The molecule has 1 N–H and O–H groups in total. The van der Waals surface area contributed by atoms with Crippen LogP contribution in [0.2, 0.25) is 5.02 Å². The summed E-state index contributed by atoms with van der Waals surface area (Å²) in [5, 5.41) is 3.56. The second-order valence-electron chi connectivity index (χ2n) is 9.15. The monoisotopic (exact) mass is 550 g/mol. The number of anilines is 3. The molecule has 5 rings (SSSR count). The molecule has 0 radical (unpaired) electrons. The molecule has 2 saturated heterocycles. The van der Waals surface area contributed by atoms with E-state index in [9.17, 15) is 18.8 Å². The van der Waals surface area contributed by atoms with E-state index in [1.165, 1.54) is 29.2 Å². The Morgan fingerprint density at radius 1 is 0.974 bits per heavy atom. The fourth-order valence-electron chi connectivity index (χ4n) is 4.66. The van der Waals surface area contributed by atoms with Crippen LogP contribution in [0, 0.1) is 5.82 Å². The van der Waals surface area contributed by atoms with Crippen LogP contribution < -0.4 is 15.1 Å². The number of carbonyl (C=O) groups is 3. The third-order valence-electron chi connectivity index (χ3n) is 6.58. The lowest BCUT2D eigenvalue weighted by molar-refractivity contribution is -0.124. The second kappa shape index (κ2) is 10.9. The third-order valence-corrected chi connectivity index (χ3v) is 7.25. The number of thiocarbonyl (C=S) groups is 1. The van der Waals surface area contributed by atoms with Gasteiger partial charge in [0.25, 0.3) is 5.91 Å². The number of benzene rings is 3. The van der Waals surface area contributed by atoms with Gasteiger partial charge < -0.3 is 15.1 Å². The Morgan fingerprint density at radius 3 is 2.26 bits per heavy atom. The molecule has 0 spiro atoms. The first-order valence-electron chi connectivity index (χ1n) is 12.1. The summed E-state index contributed by atoms with van der Waals surface area (Å²) in [5.74, 6) is -1.06. The Labute approximate surface area is 229 Å². The molecule has 2 aliphatic heterocycles. The SMILES string of the molecule is O=C(C[C@H]1C(=O)N(c2ccc(F)cc2)C(=S)N1Cc1ccc(N2CCCC2=O)cc1)Nc1ccc(Cl)cc1. The molecule has 38 heavy (non-hydrogen) atoms. The molecule has 0 bridgehead atoms. The van der Waals surface area contributed by atoms with E-state index < -0.39 is 11.9 Å². The van der Waals surface area contributed by atoms with Crippen LogP contribution in [-0.4, -0.2) is 40.3 Å². The molecule has 7 nitrogen and oxygen atoms in total. The molecular formula is C28H24ClFN4O3S. The molecule has 2 heterocycles. The van der Waals surface area contributed by atoms with Crippen molar-refractivity contribution in [3.8, 4) is 0 Å². The normalized spacial score (nSPS) is 17.5. The second-order valence-corrected chi connectivity index (χ2v) is 9.95. The molecule has 3 aromatic rings. The summed E-state index contributed by atoms with van der Waals surface area (Å²) in [6, 6.07) is 18.8. The Kier molecular flexibility index (Phi) is 7.40. The first-order valence-corrected chi connectivity index (χ1v) is 12.9. The van der Waals surface area contributed by atoms with Crippen molar-refractivity contribution in [2.45, 2.75) is 31.8 Å². The highest BCUT2D eigenvalue weighted by molar-refractivity contribution is 7.80. The van der Waals surface area contributed by atoms with Gasteiger partial charge in [0, 0.05) is 35.9 Å². The number of hydrogen-bond acceptors (Lipinski definition) is 4. The molecule has 1 atom stereocenters. The van der Waals surface area contributed by atoms with Crippen molar-refractivity contribution in [1.82, 2.24) is 4.90 Å². The van der Waals surface area contributed by atoms with Crippen molar-refractivity contribution >= 4 is 63.7 Å². The summed E-state index contributed by atoms with van der Waals surface area (Å²) in [5.41, 5.74) is 2.67. The van der Waals surface area contributed by atoms with Crippen molar-refractivity contribution in [2.75, 3.05) is 21.7 Å². The van der Waals surface area contributed by atoms with E-state index >= 15 is 0 Å². The maximum absolute atomic E-state index is 13.6. The summed E-state index contributed by atoms with van der Waals surface area (Å²) < 4.78 is 13.5. The quantitative estimate of drug-likeness (QED) is 0.413. The molecular weight excluding hydrogens is 527 g/mol. The van der Waals surface area contributed by atoms with E-state index in [1.54, 1.807) is 34.1 Å². The van der Waals surface area contributed by atoms with E-state index in [-0.39, 0.29) is 35.8 Å². The lowest BCUT2D eigenvalue weighted by Crippen LogP contribution is -2.37. The number of carbonyl (C=O) groups excluding carboxylic acids is 3. The van der Waals surface area contributed by atoms with E-state index in [2.05, 4.69) is 5.32 Å². The van der Waals surface area contributed by atoms with E-state index in [4.69, 9.17) is 23.8 Å². The molecule has 0 unspecified atom stereocenters. The average Bonchev–Trinajstić information content (AvgIpc) is 3.43. The summed E-state index contributed by atoms with van der Waals surface area (Å²) in [6.45, 7) is 0.968. The van der Waals surface area contributed by atoms with Crippen LogP contribution in [0.4, 0.5) is 21.5 Å². The lowest BCUT2D eigenvalue weighted by Gasteiger charge is -2.24. The summed E-state index contributed by atoms with van der Waals surface area (Å²) in [4.78, 5) is 43.4. The Balaban J connectivity index is 1.38. The zero-order valence-corrected chi connectivity index (χ0v) is 21.8. The third kappa shape index (κ3) is 5.39. The summed E-state index contributed by atoms with van der Waals surface area (Å²) in [7, 11) is 0. The fourth-order valence-corrected chi connectivity index (χ4v) is 5.17. The minimum atomic E-state index is -0.861. The molecule has 0 saturated carbocycles. The maximum atomic E-state index is 13.6. The van der Waals surface area contributed by atoms with Gasteiger partial charge in [0.15, 0.2) is 5.11 Å². The molecule has 3 amide bonds. The number of hydrogen-bond donors (Lipinski definition) is 1. The van der Waals surface area contributed by atoms with E-state index in [0.29, 0.717) is 29.4 Å². The van der Waals surface area contributed by atoms with E-state index in [0.717, 1.165) is 17.7 Å². The van der Waals surface area contributed by atoms with Gasteiger partial charge in [-0.15, -0.1) is 0 Å². The van der Waals surface area contributed by atoms with Crippen molar-refractivity contribution in [2.24, 2.45) is 0 Å². The minimum absolute atomic E-state index is 0.103. The van der Waals surface area contributed by atoms with Gasteiger partial charge in [0.1, 0.15) is 11.9 Å². The van der Waals surface area contributed by atoms with Crippen LogP contribution in [0.1, 0.15) is 24.8 Å². The first kappa shape index (κ1) is 25.8. The molecule has 194 valence electrons. The van der Waals surface area contributed by atoms with Crippen LogP contribution in [0.15, 0.2) is 72.8 Å². The van der Waals surface area contributed by atoms with Gasteiger partial charge >= 0.3 is 0 Å². The number of nitrogens with one attached hydrogen (secondary N) is 1. The van der Waals surface area contributed by atoms with Gasteiger partial charge in [0.2, 0.25) is 11.8 Å². The molecule has 0 aromatic heterocycles. The topological polar surface area (TPSA) is 73.0 Å². The fraction of sp³-hybridized carbons (Fsp3) is 0.214. The first-order chi connectivity index (χ1) is 18.3. The minimum Gasteiger partial charge on any atom is -0.332 e. The van der Waals surface area contributed by atoms with Gasteiger partial charge in [-0.1, -0.05) is 23.7 Å². The highest BCUT2D eigenvalue weighted by Gasteiger charge is 2.44. The number of nitrogens with zero attached hydrogens (tertiary/aromatic N) is 3. The highest BCUT2D eigenvalue weighted by Crippen LogP contribution is 2.30. The Bertz CT molecular complexity index is 1380. The number of halogens is 2. The van der Waals surface area contributed by atoms with Gasteiger partial charge in [-0.05, 0) is 84.9 Å². The summed E-state index contributed by atoms with van der Waals surface area (Å²) >= 11 is 11.6. The lowest BCUT2D eigenvalue weighted by atomic mass is 10.1. The van der Waals surface area contributed by atoms with Crippen LogP contribution in [0.3, 0.4) is 0 Å². The van der Waals surface area contributed by atoms with Gasteiger partial charge in [-0.25, -0.2) is 4.39 Å². The van der Waals surface area contributed by atoms with Gasteiger partial charge in [-0.2, -0.15) is 0 Å². The number of amides is 3. The molecule has 3 aromatic carbocycles. The molecule has 10 heteroatoms. The predicted octanol–water partition coefficient (Wildman–Crippen LogP) is 5.14. The van der Waals surface area contributed by atoms with Crippen molar-refractivity contribution in [1.29, 1.82) is 0 Å². The van der Waals surface area contributed by atoms with E-state index in [1.807, 2.05) is 24.3 Å². The van der Waals surface area contributed by atoms with Crippen molar-refractivity contribution < 1.29 is 18.8 Å². The van der Waals surface area contributed by atoms with Crippen LogP contribution in [-0.2, 0) is 20.9 Å². The van der Waals surface area contributed by atoms with Crippen LogP contribution in [0.25, 0.3) is 0 Å². The maximum Gasteiger partial charge on any atom is 0.256 e. The van der Waals surface area contributed by atoms with Gasteiger partial charge in [0.05, 0.1) is 12.1 Å². The Morgan fingerprint density at radius 2 is 1.63 bits per heavy atom. The molecule has 2 fully saturated rings. The zero-order valence-electron chi connectivity index (χ0n) is 20.3. The van der Waals surface area contributed by atoms with Crippen molar-refractivity contribution in [3.05, 3.63) is 89.2 Å². The number of rotatable bonds is 7. The van der Waals surface area contributed by atoms with Gasteiger partial charge in [-0.3, -0.25) is 19.3 Å². The standard InChI is InChI=1S/C28H24ClFN4O3S/c29-19-5-9-21(10-6-19)31-25(35)16-24-27(37)34(23-13-7-20(30)8-14-23)28(38)33(24)17-18-3-11-22(12-4-18)32-15-1-2-26(32)36/h3-14,24H,1-2,15-17H2,(H,31,35)/t24-/m0/s1.